The van der Waals surface area contributed by atoms with Crippen LogP contribution in [0.15, 0.2) is 48.5 Å². The van der Waals surface area contributed by atoms with Gasteiger partial charge in [-0.15, -0.1) is 11.3 Å². The van der Waals surface area contributed by atoms with Gasteiger partial charge in [-0.25, -0.2) is 4.98 Å². The predicted molar refractivity (Wildman–Crippen MR) is 114 cm³/mol. The smallest absolute Gasteiger partial charge is 0.253 e. The van der Waals surface area contributed by atoms with Crippen LogP contribution in [0, 0.1) is 5.92 Å². The van der Waals surface area contributed by atoms with Gasteiger partial charge in [-0.1, -0.05) is 26.0 Å². The maximum Gasteiger partial charge on any atom is 0.253 e. The van der Waals surface area contributed by atoms with E-state index >= 15 is 0 Å². The van der Waals surface area contributed by atoms with E-state index in [0.29, 0.717) is 18.4 Å². The summed E-state index contributed by atoms with van der Waals surface area (Å²) in [4.78, 5) is 19.8. The molecule has 28 heavy (non-hydrogen) atoms. The number of amides is 1. The van der Waals surface area contributed by atoms with E-state index in [2.05, 4.69) is 32.0 Å². The Labute approximate surface area is 170 Å². The monoisotopic (exact) mass is 394 g/mol. The Morgan fingerprint density at radius 2 is 2.00 bits per heavy atom. The Bertz CT molecular complexity index is 916. The molecule has 1 amide bonds. The third-order valence-corrected chi connectivity index (χ3v) is 6.25. The number of likely N-dealkylation sites (tertiary alicyclic amines) is 1. The van der Waals surface area contributed by atoms with Crippen molar-refractivity contribution in [3.8, 4) is 5.75 Å². The number of nitrogens with zero attached hydrogens (tertiary/aromatic N) is 2. The van der Waals surface area contributed by atoms with Gasteiger partial charge in [0, 0.05) is 24.6 Å². The summed E-state index contributed by atoms with van der Waals surface area (Å²) >= 11 is 1.76. The van der Waals surface area contributed by atoms with Crippen molar-refractivity contribution in [1.82, 2.24) is 9.88 Å². The number of aromatic nitrogens is 1. The second-order valence-electron chi connectivity index (χ2n) is 7.84. The lowest BCUT2D eigenvalue weighted by Crippen LogP contribution is -2.39. The van der Waals surface area contributed by atoms with Gasteiger partial charge in [0.05, 0.1) is 21.8 Å². The normalized spacial score (nSPS) is 17.2. The highest BCUT2D eigenvalue weighted by atomic mass is 32.1. The number of ether oxygens (including phenoxy) is 1. The summed E-state index contributed by atoms with van der Waals surface area (Å²) in [6, 6.07) is 15.8. The van der Waals surface area contributed by atoms with Gasteiger partial charge in [-0.05, 0) is 55.2 Å². The zero-order valence-electron chi connectivity index (χ0n) is 16.4. The van der Waals surface area contributed by atoms with Crippen LogP contribution < -0.4 is 4.74 Å². The molecule has 0 bridgehead atoms. The SMILES string of the molecule is CC(C)COc1ccc(C(=O)N2CCC[C@H](c3nc4ccccc4s3)C2)cc1. The molecule has 0 aliphatic carbocycles. The number of carbonyl (C=O) groups is 1. The summed E-state index contributed by atoms with van der Waals surface area (Å²) in [5.41, 5.74) is 1.78. The number of carbonyl (C=O) groups excluding carboxylic acids is 1. The standard InChI is InChI=1S/C23H26N2O2S/c1-16(2)15-27-19-11-9-17(10-12-19)23(26)25-13-5-6-18(14-25)22-24-20-7-3-4-8-21(20)28-22/h3-4,7-12,16,18H,5-6,13-15H2,1-2H3/t18-/m0/s1. The quantitative estimate of drug-likeness (QED) is 0.586. The third-order valence-electron chi connectivity index (χ3n) is 5.05. The molecule has 1 aromatic heterocycles. The van der Waals surface area contributed by atoms with Gasteiger partial charge in [0.15, 0.2) is 0 Å². The largest absolute Gasteiger partial charge is 0.493 e. The van der Waals surface area contributed by atoms with Gasteiger partial charge in [-0.2, -0.15) is 0 Å². The topological polar surface area (TPSA) is 42.4 Å². The number of thiazole rings is 1. The zero-order chi connectivity index (χ0) is 19.5. The van der Waals surface area contributed by atoms with Crippen molar-refractivity contribution in [2.75, 3.05) is 19.7 Å². The van der Waals surface area contributed by atoms with Crippen LogP contribution in [0.5, 0.6) is 5.75 Å². The molecule has 1 atom stereocenters. The molecule has 1 aliphatic rings. The van der Waals surface area contributed by atoms with E-state index in [9.17, 15) is 4.79 Å². The van der Waals surface area contributed by atoms with Crippen LogP contribution in [-0.2, 0) is 0 Å². The molecule has 1 aliphatic heterocycles. The van der Waals surface area contributed by atoms with E-state index in [1.807, 2.05) is 35.2 Å². The molecular weight excluding hydrogens is 368 g/mol. The van der Waals surface area contributed by atoms with E-state index in [1.54, 1.807) is 11.3 Å². The van der Waals surface area contributed by atoms with Gasteiger partial charge in [0.2, 0.25) is 0 Å². The molecule has 4 rings (SSSR count). The van der Waals surface area contributed by atoms with Crippen LogP contribution in [0.2, 0.25) is 0 Å². The number of benzene rings is 2. The molecule has 1 saturated heterocycles. The summed E-state index contributed by atoms with van der Waals surface area (Å²) in [7, 11) is 0. The summed E-state index contributed by atoms with van der Waals surface area (Å²) in [5, 5.41) is 1.15. The van der Waals surface area contributed by atoms with E-state index < -0.39 is 0 Å². The Balaban J connectivity index is 1.44. The van der Waals surface area contributed by atoms with Crippen molar-refractivity contribution in [2.45, 2.75) is 32.6 Å². The van der Waals surface area contributed by atoms with Crippen molar-refractivity contribution < 1.29 is 9.53 Å². The second-order valence-corrected chi connectivity index (χ2v) is 8.90. The van der Waals surface area contributed by atoms with Crippen molar-refractivity contribution in [2.24, 2.45) is 5.92 Å². The van der Waals surface area contributed by atoms with Crippen LogP contribution in [0.4, 0.5) is 0 Å². The first kappa shape index (κ1) is 18.9. The molecule has 146 valence electrons. The van der Waals surface area contributed by atoms with E-state index in [0.717, 1.165) is 47.8 Å². The van der Waals surface area contributed by atoms with Crippen LogP contribution in [-0.4, -0.2) is 35.5 Å². The third kappa shape index (κ3) is 4.20. The fourth-order valence-electron chi connectivity index (χ4n) is 3.57. The average Bonchev–Trinajstić information content (AvgIpc) is 3.16. The first-order valence-electron chi connectivity index (χ1n) is 9.98. The predicted octanol–water partition coefficient (Wildman–Crippen LogP) is 5.35. The minimum atomic E-state index is 0.0984. The molecule has 2 heterocycles. The summed E-state index contributed by atoms with van der Waals surface area (Å²) < 4.78 is 6.94. The molecule has 0 spiro atoms. The molecule has 4 nitrogen and oxygen atoms in total. The van der Waals surface area contributed by atoms with E-state index in [1.165, 1.54) is 4.70 Å². The molecule has 5 heteroatoms. The van der Waals surface area contributed by atoms with Crippen molar-refractivity contribution in [1.29, 1.82) is 0 Å². The van der Waals surface area contributed by atoms with Crippen molar-refractivity contribution in [3.63, 3.8) is 0 Å². The van der Waals surface area contributed by atoms with Crippen LogP contribution in [0.25, 0.3) is 10.2 Å². The maximum absolute atomic E-state index is 13.0. The van der Waals surface area contributed by atoms with Gasteiger partial charge in [0.25, 0.3) is 5.91 Å². The van der Waals surface area contributed by atoms with E-state index in [4.69, 9.17) is 9.72 Å². The van der Waals surface area contributed by atoms with Crippen molar-refractivity contribution in [3.05, 3.63) is 59.1 Å². The zero-order valence-corrected chi connectivity index (χ0v) is 17.2. The number of piperidine rings is 1. The van der Waals surface area contributed by atoms with Gasteiger partial charge in [-0.3, -0.25) is 4.79 Å². The first-order chi connectivity index (χ1) is 13.6. The van der Waals surface area contributed by atoms with Gasteiger partial charge in [0.1, 0.15) is 5.75 Å². The van der Waals surface area contributed by atoms with Gasteiger partial charge < -0.3 is 9.64 Å². The second kappa shape index (κ2) is 8.31. The summed E-state index contributed by atoms with van der Waals surface area (Å²) in [6.07, 6.45) is 2.10. The van der Waals surface area contributed by atoms with Crippen LogP contribution >= 0.6 is 11.3 Å². The van der Waals surface area contributed by atoms with E-state index in [-0.39, 0.29) is 5.91 Å². The minimum Gasteiger partial charge on any atom is -0.493 e. The number of hydrogen-bond acceptors (Lipinski definition) is 4. The van der Waals surface area contributed by atoms with Crippen LogP contribution in [0.1, 0.15) is 48.0 Å². The minimum absolute atomic E-state index is 0.0984. The number of fused-ring (bicyclic) bond motifs is 1. The summed E-state index contributed by atoms with van der Waals surface area (Å²) in [6.45, 7) is 6.48. The highest BCUT2D eigenvalue weighted by molar-refractivity contribution is 7.18. The lowest BCUT2D eigenvalue weighted by Gasteiger charge is -2.32. The molecule has 2 aromatic carbocycles. The molecule has 0 radical (unpaired) electrons. The number of rotatable bonds is 5. The Morgan fingerprint density at radius 3 is 2.75 bits per heavy atom. The van der Waals surface area contributed by atoms with Gasteiger partial charge >= 0.3 is 0 Å². The lowest BCUT2D eigenvalue weighted by molar-refractivity contribution is 0.0707. The average molecular weight is 395 g/mol. The Kier molecular flexibility index (Phi) is 5.62. The fraction of sp³-hybridized carbons (Fsp3) is 0.391. The molecule has 1 fully saturated rings. The highest BCUT2D eigenvalue weighted by Gasteiger charge is 2.27. The Morgan fingerprint density at radius 1 is 1.21 bits per heavy atom. The highest BCUT2D eigenvalue weighted by Crippen LogP contribution is 2.33. The lowest BCUT2D eigenvalue weighted by atomic mass is 9.98. The first-order valence-corrected chi connectivity index (χ1v) is 10.8. The van der Waals surface area contributed by atoms with Crippen LogP contribution in [0.3, 0.4) is 0 Å². The summed E-state index contributed by atoms with van der Waals surface area (Å²) in [5.74, 6) is 1.72. The van der Waals surface area contributed by atoms with Crippen molar-refractivity contribution >= 4 is 27.5 Å². The number of para-hydroxylation sites is 1. The Hall–Kier alpha value is -2.40. The molecular formula is C23H26N2O2S. The fourth-order valence-corrected chi connectivity index (χ4v) is 4.66. The molecule has 3 aromatic rings. The molecule has 0 unspecified atom stereocenters. The maximum atomic E-state index is 13.0. The molecule has 0 saturated carbocycles. The molecule has 0 N–H and O–H groups in total. The number of hydrogen-bond donors (Lipinski definition) is 0.